The Labute approximate surface area is 101 Å². The van der Waals surface area contributed by atoms with Crippen LogP contribution in [0.3, 0.4) is 0 Å². The number of pyridine rings is 1. The second-order valence-corrected chi connectivity index (χ2v) is 4.55. The van der Waals surface area contributed by atoms with Crippen LogP contribution in [-0.4, -0.2) is 4.98 Å². The highest BCUT2D eigenvalue weighted by molar-refractivity contribution is 6.30. The molecule has 1 nitrogen and oxygen atoms in total. The van der Waals surface area contributed by atoms with Crippen molar-refractivity contribution in [3.8, 4) is 11.3 Å². The van der Waals surface area contributed by atoms with Crippen LogP contribution in [0, 0.1) is 0 Å². The van der Waals surface area contributed by atoms with Crippen molar-refractivity contribution in [1.82, 2.24) is 4.98 Å². The van der Waals surface area contributed by atoms with Crippen molar-refractivity contribution >= 4 is 11.6 Å². The van der Waals surface area contributed by atoms with Gasteiger partial charge >= 0.3 is 0 Å². The topological polar surface area (TPSA) is 12.9 Å². The van der Waals surface area contributed by atoms with Crippen LogP contribution in [0.4, 0.5) is 0 Å². The summed E-state index contributed by atoms with van der Waals surface area (Å²) in [4.78, 5) is 4.63. The number of hydrogen-bond acceptors (Lipinski definition) is 1. The average Bonchev–Trinajstić information content (AvgIpc) is 2.30. The summed E-state index contributed by atoms with van der Waals surface area (Å²) in [6, 6.07) is 13.9. The van der Waals surface area contributed by atoms with Crippen molar-refractivity contribution in [3.63, 3.8) is 0 Å². The Morgan fingerprint density at radius 2 is 1.69 bits per heavy atom. The summed E-state index contributed by atoms with van der Waals surface area (Å²) in [6.45, 7) is 4.29. The molecule has 16 heavy (non-hydrogen) atoms. The Bertz CT molecular complexity index is 474. The molecule has 0 aliphatic heterocycles. The first-order valence-corrected chi connectivity index (χ1v) is 5.77. The molecule has 0 saturated heterocycles. The average molecular weight is 232 g/mol. The first-order valence-electron chi connectivity index (χ1n) is 5.39. The highest BCUT2D eigenvalue weighted by Crippen LogP contribution is 2.21. The van der Waals surface area contributed by atoms with Crippen LogP contribution in [0.1, 0.15) is 25.5 Å². The lowest BCUT2D eigenvalue weighted by Crippen LogP contribution is -1.93. The van der Waals surface area contributed by atoms with Crippen molar-refractivity contribution < 1.29 is 0 Å². The molecular weight excluding hydrogens is 218 g/mol. The normalized spacial score (nSPS) is 10.8. The number of benzene rings is 1. The maximum absolute atomic E-state index is 5.86. The molecule has 0 aliphatic carbocycles. The summed E-state index contributed by atoms with van der Waals surface area (Å²) in [7, 11) is 0. The fourth-order valence-electron chi connectivity index (χ4n) is 1.55. The van der Waals surface area contributed by atoms with E-state index in [0.717, 1.165) is 22.0 Å². The number of rotatable bonds is 2. The molecule has 1 aromatic carbocycles. The van der Waals surface area contributed by atoms with Gasteiger partial charge in [-0.3, -0.25) is 4.98 Å². The Morgan fingerprint density at radius 1 is 1.00 bits per heavy atom. The summed E-state index contributed by atoms with van der Waals surface area (Å²) in [5.74, 6) is 0.451. The van der Waals surface area contributed by atoms with Crippen LogP contribution in [0.2, 0.25) is 5.02 Å². The van der Waals surface area contributed by atoms with Crippen LogP contribution in [0.25, 0.3) is 11.3 Å². The SMILES string of the molecule is CC(C)c1cccc(-c2ccc(Cl)cc2)n1. The maximum Gasteiger partial charge on any atom is 0.0705 e. The van der Waals surface area contributed by atoms with Crippen molar-refractivity contribution in [2.24, 2.45) is 0 Å². The Kier molecular flexibility index (Phi) is 3.25. The predicted octanol–water partition coefficient (Wildman–Crippen LogP) is 4.53. The van der Waals surface area contributed by atoms with Gasteiger partial charge < -0.3 is 0 Å². The number of nitrogens with zero attached hydrogens (tertiary/aromatic N) is 1. The Balaban J connectivity index is 2.40. The van der Waals surface area contributed by atoms with Gasteiger partial charge in [-0.2, -0.15) is 0 Å². The van der Waals surface area contributed by atoms with Gasteiger partial charge in [0.2, 0.25) is 0 Å². The molecule has 82 valence electrons. The van der Waals surface area contributed by atoms with Gasteiger partial charge in [-0.25, -0.2) is 0 Å². The first-order chi connectivity index (χ1) is 7.66. The molecule has 1 heterocycles. The smallest absolute Gasteiger partial charge is 0.0705 e. The van der Waals surface area contributed by atoms with Gasteiger partial charge in [0.1, 0.15) is 0 Å². The lowest BCUT2D eigenvalue weighted by atomic mass is 10.1. The molecular formula is C14H14ClN. The monoisotopic (exact) mass is 231 g/mol. The standard InChI is InChI=1S/C14H14ClN/c1-10(2)13-4-3-5-14(16-13)11-6-8-12(15)9-7-11/h3-10H,1-2H3. The Morgan fingerprint density at radius 3 is 2.31 bits per heavy atom. The van der Waals surface area contributed by atoms with Gasteiger partial charge in [-0.1, -0.05) is 43.6 Å². The fourth-order valence-corrected chi connectivity index (χ4v) is 1.68. The van der Waals surface area contributed by atoms with Gasteiger partial charge in [0.05, 0.1) is 5.69 Å². The van der Waals surface area contributed by atoms with Gasteiger partial charge in [0.15, 0.2) is 0 Å². The molecule has 0 saturated carbocycles. The first kappa shape index (κ1) is 11.2. The number of halogens is 1. The quantitative estimate of drug-likeness (QED) is 0.740. The molecule has 0 spiro atoms. The summed E-state index contributed by atoms with van der Waals surface area (Å²) >= 11 is 5.86. The fraction of sp³-hybridized carbons (Fsp3) is 0.214. The summed E-state index contributed by atoms with van der Waals surface area (Å²) in [5.41, 5.74) is 3.22. The molecule has 0 atom stereocenters. The van der Waals surface area contributed by atoms with Crippen molar-refractivity contribution in [1.29, 1.82) is 0 Å². The third-order valence-electron chi connectivity index (χ3n) is 2.50. The molecule has 2 rings (SSSR count). The van der Waals surface area contributed by atoms with Crippen molar-refractivity contribution in [2.75, 3.05) is 0 Å². The highest BCUT2D eigenvalue weighted by Gasteiger charge is 2.03. The van der Waals surface area contributed by atoms with Gasteiger partial charge in [-0.05, 0) is 30.2 Å². The molecule has 1 aromatic heterocycles. The molecule has 0 bridgehead atoms. The second kappa shape index (κ2) is 4.67. The third-order valence-corrected chi connectivity index (χ3v) is 2.75. The van der Waals surface area contributed by atoms with Crippen LogP contribution < -0.4 is 0 Å². The van der Waals surface area contributed by atoms with E-state index in [9.17, 15) is 0 Å². The lowest BCUT2D eigenvalue weighted by molar-refractivity contribution is 0.824. The van der Waals surface area contributed by atoms with Crippen LogP contribution in [0.15, 0.2) is 42.5 Å². The summed E-state index contributed by atoms with van der Waals surface area (Å²) in [6.07, 6.45) is 0. The minimum atomic E-state index is 0.451. The van der Waals surface area contributed by atoms with Crippen LogP contribution >= 0.6 is 11.6 Å². The molecule has 0 fully saturated rings. The molecule has 2 aromatic rings. The minimum absolute atomic E-state index is 0.451. The molecule has 0 aliphatic rings. The number of hydrogen-bond donors (Lipinski definition) is 0. The maximum atomic E-state index is 5.86. The van der Waals surface area contributed by atoms with E-state index in [1.807, 2.05) is 36.4 Å². The lowest BCUT2D eigenvalue weighted by Gasteiger charge is -2.07. The van der Waals surface area contributed by atoms with E-state index in [-0.39, 0.29) is 0 Å². The minimum Gasteiger partial charge on any atom is -0.253 e. The molecule has 0 unspecified atom stereocenters. The summed E-state index contributed by atoms with van der Waals surface area (Å²) < 4.78 is 0. The van der Waals surface area contributed by atoms with E-state index in [1.54, 1.807) is 0 Å². The predicted molar refractivity (Wildman–Crippen MR) is 68.8 cm³/mol. The largest absolute Gasteiger partial charge is 0.253 e. The van der Waals surface area contributed by atoms with E-state index in [4.69, 9.17) is 11.6 Å². The van der Waals surface area contributed by atoms with Crippen molar-refractivity contribution in [2.45, 2.75) is 19.8 Å². The Hall–Kier alpha value is -1.34. The van der Waals surface area contributed by atoms with Gasteiger partial charge in [0.25, 0.3) is 0 Å². The highest BCUT2D eigenvalue weighted by atomic mass is 35.5. The van der Waals surface area contributed by atoms with E-state index < -0.39 is 0 Å². The van der Waals surface area contributed by atoms with Crippen molar-refractivity contribution in [3.05, 3.63) is 53.2 Å². The number of aromatic nitrogens is 1. The van der Waals surface area contributed by atoms with E-state index >= 15 is 0 Å². The van der Waals surface area contributed by atoms with Crippen LogP contribution in [0.5, 0.6) is 0 Å². The van der Waals surface area contributed by atoms with Crippen LogP contribution in [-0.2, 0) is 0 Å². The van der Waals surface area contributed by atoms with E-state index in [2.05, 4.69) is 24.9 Å². The molecule has 0 N–H and O–H groups in total. The molecule has 0 radical (unpaired) electrons. The van der Waals surface area contributed by atoms with Gasteiger partial charge in [0, 0.05) is 16.3 Å². The van der Waals surface area contributed by atoms with E-state index in [0.29, 0.717) is 5.92 Å². The third kappa shape index (κ3) is 2.42. The zero-order valence-electron chi connectivity index (χ0n) is 9.44. The second-order valence-electron chi connectivity index (χ2n) is 4.11. The summed E-state index contributed by atoms with van der Waals surface area (Å²) in [5, 5.41) is 0.753. The van der Waals surface area contributed by atoms with E-state index in [1.165, 1.54) is 0 Å². The molecule has 0 amide bonds. The zero-order valence-corrected chi connectivity index (χ0v) is 10.2. The zero-order chi connectivity index (χ0) is 11.5. The van der Waals surface area contributed by atoms with Gasteiger partial charge in [-0.15, -0.1) is 0 Å². The molecule has 2 heteroatoms.